The second-order valence-electron chi connectivity index (χ2n) is 8.18. The fourth-order valence-electron chi connectivity index (χ4n) is 3.74. The quantitative estimate of drug-likeness (QED) is 0.169. The van der Waals surface area contributed by atoms with Gasteiger partial charge in [0.2, 0.25) is 0 Å². The van der Waals surface area contributed by atoms with Crippen LogP contribution in [0.4, 0.5) is 11.5 Å². The summed E-state index contributed by atoms with van der Waals surface area (Å²) in [5.74, 6) is 0.922. The van der Waals surface area contributed by atoms with Gasteiger partial charge in [-0.3, -0.25) is 4.79 Å². The maximum absolute atomic E-state index is 11.8. The Balaban J connectivity index is 1.79. The summed E-state index contributed by atoms with van der Waals surface area (Å²) < 4.78 is 27.1. The molecule has 0 fully saturated rings. The van der Waals surface area contributed by atoms with Crippen molar-refractivity contribution in [2.45, 2.75) is 13.5 Å². The van der Waals surface area contributed by atoms with Crippen LogP contribution in [0.3, 0.4) is 0 Å². The largest absolute Gasteiger partial charge is 0.493 e. The Morgan fingerprint density at radius 3 is 2.33 bits per heavy atom. The van der Waals surface area contributed by atoms with Crippen LogP contribution < -0.4 is 24.3 Å². The van der Waals surface area contributed by atoms with Crippen molar-refractivity contribution in [3.8, 4) is 23.0 Å². The van der Waals surface area contributed by atoms with Crippen LogP contribution in [0.15, 0.2) is 67.0 Å². The van der Waals surface area contributed by atoms with Crippen LogP contribution in [-0.4, -0.2) is 43.2 Å². The number of carbonyl (C=O) groups is 2. The molecule has 0 spiro atoms. The predicted molar refractivity (Wildman–Crippen MR) is 145 cm³/mol. The number of nitrogens with one attached hydrogen (secondary N) is 1. The summed E-state index contributed by atoms with van der Waals surface area (Å²) in [5.41, 5.74) is 2.70. The Kier molecular flexibility index (Phi) is 8.57. The van der Waals surface area contributed by atoms with E-state index in [1.54, 1.807) is 30.3 Å². The number of rotatable bonds is 10. The van der Waals surface area contributed by atoms with Crippen LogP contribution in [0.25, 0.3) is 17.0 Å². The van der Waals surface area contributed by atoms with Crippen LogP contribution >= 0.6 is 0 Å². The van der Waals surface area contributed by atoms with Gasteiger partial charge in [0.15, 0.2) is 23.0 Å². The number of hydrogen-bond acceptors (Lipinski definition) is 10. The molecule has 0 bridgehead atoms. The topological polar surface area (TPSA) is 118 Å². The monoisotopic (exact) mass is 529 g/mol. The molecule has 0 atom stereocenters. The summed E-state index contributed by atoms with van der Waals surface area (Å²) in [6.07, 6.45) is 4.29. The van der Waals surface area contributed by atoms with Crippen LogP contribution in [0.2, 0.25) is 0 Å². The van der Waals surface area contributed by atoms with E-state index in [1.165, 1.54) is 40.7 Å². The SMILES string of the molecule is COC(=O)/C=C/c1cc(OC)c(OCc2ccccc2)cc1Nc1ncnc2cc(OC)c(OC(C)=O)cc12. The summed E-state index contributed by atoms with van der Waals surface area (Å²) >= 11 is 0. The van der Waals surface area contributed by atoms with Crippen molar-refractivity contribution in [2.75, 3.05) is 26.6 Å². The van der Waals surface area contributed by atoms with Gasteiger partial charge >= 0.3 is 11.9 Å². The number of anilines is 2. The van der Waals surface area contributed by atoms with Crippen molar-refractivity contribution in [3.05, 3.63) is 78.1 Å². The number of aromatic nitrogens is 2. The molecular weight excluding hydrogens is 502 g/mol. The number of esters is 2. The molecule has 0 radical (unpaired) electrons. The molecule has 39 heavy (non-hydrogen) atoms. The highest BCUT2D eigenvalue weighted by atomic mass is 16.6. The molecule has 1 heterocycles. The minimum absolute atomic E-state index is 0.225. The molecule has 0 amide bonds. The maximum Gasteiger partial charge on any atom is 0.330 e. The molecule has 4 aromatic rings. The summed E-state index contributed by atoms with van der Waals surface area (Å²) in [6.45, 7) is 1.62. The summed E-state index contributed by atoms with van der Waals surface area (Å²) in [4.78, 5) is 32.2. The number of benzene rings is 3. The van der Waals surface area contributed by atoms with E-state index < -0.39 is 11.9 Å². The van der Waals surface area contributed by atoms with Gasteiger partial charge in [0, 0.05) is 36.1 Å². The van der Waals surface area contributed by atoms with E-state index in [1.807, 2.05) is 30.3 Å². The maximum atomic E-state index is 11.8. The predicted octanol–water partition coefficient (Wildman–Crippen LogP) is 5.08. The van der Waals surface area contributed by atoms with Crippen molar-refractivity contribution in [3.63, 3.8) is 0 Å². The second-order valence-corrected chi connectivity index (χ2v) is 8.18. The lowest BCUT2D eigenvalue weighted by molar-refractivity contribution is -0.135. The molecule has 1 aromatic heterocycles. The molecule has 0 aliphatic carbocycles. The van der Waals surface area contributed by atoms with E-state index in [0.29, 0.717) is 51.8 Å². The van der Waals surface area contributed by atoms with Crippen molar-refractivity contribution >= 4 is 40.4 Å². The van der Waals surface area contributed by atoms with Crippen LogP contribution in [0.5, 0.6) is 23.0 Å². The van der Waals surface area contributed by atoms with Gasteiger partial charge in [-0.2, -0.15) is 0 Å². The molecule has 200 valence electrons. The molecule has 0 saturated carbocycles. The van der Waals surface area contributed by atoms with E-state index in [0.717, 1.165) is 5.56 Å². The lowest BCUT2D eigenvalue weighted by atomic mass is 10.1. The summed E-state index contributed by atoms with van der Waals surface area (Å²) in [6, 6.07) is 16.5. The van der Waals surface area contributed by atoms with Crippen LogP contribution in [0.1, 0.15) is 18.1 Å². The highest BCUT2D eigenvalue weighted by Crippen LogP contribution is 2.38. The number of hydrogen-bond donors (Lipinski definition) is 1. The molecule has 0 saturated heterocycles. The Hall–Kier alpha value is -5.12. The minimum atomic E-state index is -0.519. The van der Waals surface area contributed by atoms with Crippen LogP contribution in [-0.2, 0) is 20.9 Å². The summed E-state index contributed by atoms with van der Waals surface area (Å²) in [5, 5.41) is 3.86. The fraction of sp³-hybridized carbons (Fsp3) is 0.172. The number of carbonyl (C=O) groups excluding carboxylic acids is 2. The van der Waals surface area contributed by atoms with Crippen LogP contribution in [0, 0.1) is 0 Å². The van der Waals surface area contributed by atoms with E-state index in [4.69, 9.17) is 23.7 Å². The number of fused-ring (bicyclic) bond motifs is 1. The second kappa shape index (κ2) is 12.4. The zero-order chi connectivity index (χ0) is 27.8. The van der Waals surface area contributed by atoms with Gasteiger partial charge in [0.1, 0.15) is 18.8 Å². The first-order valence-electron chi connectivity index (χ1n) is 11.8. The van der Waals surface area contributed by atoms with Gasteiger partial charge in [-0.15, -0.1) is 0 Å². The Morgan fingerprint density at radius 2 is 1.64 bits per heavy atom. The van der Waals surface area contributed by atoms with Gasteiger partial charge in [-0.1, -0.05) is 30.3 Å². The molecule has 10 nitrogen and oxygen atoms in total. The van der Waals surface area contributed by atoms with E-state index in [-0.39, 0.29) is 5.75 Å². The van der Waals surface area contributed by atoms with Crippen molar-refractivity contribution in [1.29, 1.82) is 0 Å². The first-order valence-corrected chi connectivity index (χ1v) is 11.8. The van der Waals surface area contributed by atoms with Crippen molar-refractivity contribution < 1.29 is 33.3 Å². The average Bonchev–Trinajstić information content (AvgIpc) is 2.95. The van der Waals surface area contributed by atoms with Crippen molar-refractivity contribution in [2.24, 2.45) is 0 Å². The molecule has 0 unspecified atom stereocenters. The third kappa shape index (κ3) is 6.61. The van der Waals surface area contributed by atoms with Gasteiger partial charge in [0.25, 0.3) is 0 Å². The summed E-state index contributed by atoms with van der Waals surface area (Å²) in [7, 11) is 4.31. The van der Waals surface area contributed by atoms with Gasteiger partial charge in [0.05, 0.1) is 32.5 Å². The highest BCUT2D eigenvalue weighted by molar-refractivity contribution is 5.95. The Labute approximate surface area is 225 Å². The van der Waals surface area contributed by atoms with E-state index in [2.05, 4.69) is 15.3 Å². The number of ether oxygens (including phenoxy) is 5. The zero-order valence-corrected chi connectivity index (χ0v) is 21.9. The third-order valence-corrected chi connectivity index (χ3v) is 5.60. The zero-order valence-electron chi connectivity index (χ0n) is 21.9. The average molecular weight is 530 g/mol. The third-order valence-electron chi connectivity index (χ3n) is 5.60. The number of nitrogens with zero attached hydrogens (tertiary/aromatic N) is 2. The Morgan fingerprint density at radius 1 is 0.897 bits per heavy atom. The fourth-order valence-corrected chi connectivity index (χ4v) is 3.74. The lowest BCUT2D eigenvalue weighted by Gasteiger charge is -2.17. The molecule has 10 heteroatoms. The molecule has 1 N–H and O–H groups in total. The first-order chi connectivity index (χ1) is 18.9. The molecule has 4 rings (SSSR count). The van der Waals surface area contributed by atoms with Crippen molar-refractivity contribution in [1.82, 2.24) is 9.97 Å². The van der Waals surface area contributed by atoms with Gasteiger partial charge in [-0.25, -0.2) is 14.8 Å². The van der Waals surface area contributed by atoms with Gasteiger partial charge in [-0.05, 0) is 23.8 Å². The molecule has 3 aromatic carbocycles. The first kappa shape index (κ1) is 26.9. The van der Waals surface area contributed by atoms with E-state index >= 15 is 0 Å². The highest BCUT2D eigenvalue weighted by Gasteiger charge is 2.16. The number of methoxy groups -OCH3 is 3. The minimum Gasteiger partial charge on any atom is -0.493 e. The molecular formula is C29H27N3O7. The molecule has 0 aliphatic heterocycles. The normalized spacial score (nSPS) is 10.8. The Bertz CT molecular complexity index is 1520. The lowest BCUT2D eigenvalue weighted by Crippen LogP contribution is -2.05. The molecule has 0 aliphatic rings. The smallest absolute Gasteiger partial charge is 0.330 e. The standard InChI is InChI=1S/C29H27N3O7/c1-18(33)39-27-13-21-23(15-25(27)36-3)30-17-31-29(21)32-22-14-26(38-16-19-8-6-5-7-9-19)24(35-2)12-20(22)10-11-28(34)37-4/h5-15,17H,16H2,1-4H3,(H,30,31,32)/b11-10+. The van der Waals surface area contributed by atoms with Gasteiger partial charge < -0.3 is 29.0 Å². The van der Waals surface area contributed by atoms with E-state index in [9.17, 15) is 9.59 Å².